The van der Waals surface area contributed by atoms with E-state index >= 15 is 0 Å². The third kappa shape index (κ3) is 5.45. The van der Waals surface area contributed by atoms with Gasteiger partial charge in [0.1, 0.15) is 5.56 Å². The molecule has 0 fully saturated rings. The van der Waals surface area contributed by atoms with E-state index in [9.17, 15) is 14.9 Å². The van der Waals surface area contributed by atoms with Crippen LogP contribution in [0.25, 0.3) is 0 Å². The predicted molar refractivity (Wildman–Crippen MR) is 110 cm³/mol. The van der Waals surface area contributed by atoms with E-state index in [1.165, 1.54) is 31.9 Å². The molecule has 0 aromatic heterocycles. The minimum absolute atomic E-state index is 0.0290. The van der Waals surface area contributed by atoms with Crippen LogP contribution in [0.2, 0.25) is 0 Å². The van der Waals surface area contributed by atoms with E-state index in [4.69, 9.17) is 9.47 Å². The number of carbonyl (C=O) groups excluding carboxylic acids is 1. The maximum atomic E-state index is 13.1. The molecule has 2 aromatic carbocycles. The average Bonchev–Trinajstić information content (AvgIpc) is 2.71. The number of carbonyl (C=O) groups is 1. The van der Waals surface area contributed by atoms with Crippen LogP contribution < -0.4 is 9.47 Å². The standard InChI is InChI=1S/C21H27N3O5/c1-6-23(14-16-9-7-15(8-10-16)13-22(2)3)21(25)17-11-19(28-4)20(29-5)12-18(17)24(26)27/h7-12H,6,13-14H2,1-5H3. The first kappa shape index (κ1) is 22.2. The van der Waals surface area contributed by atoms with Gasteiger partial charge in [0.2, 0.25) is 0 Å². The quantitative estimate of drug-likeness (QED) is 0.473. The summed E-state index contributed by atoms with van der Waals surface area (Å²) < 4.78 is 10.3. The van der Waals surface area contributed by atoms with Crippen molar-refractivity contribution in [1.82, 2.24) is 9.80 Å². The van der Waals surface area contributed by atoms with Crippen LogP contribution in [0.4, 0.5) is 5.69 Å². The minimum Gasteiger partial charge on any atom is -0.493 e. The fourth-order valence-corrected chi connectivity index (χ4v) is 3.02. The van der Waals surface area contributed by atoms with Gasteiger partial charge < -0.3 is 19.3 Å². The summed E-state index contributed by atoms with van der Waals surface area (Å²) in [5.41, 5.74) is 1.78. The number of ether oxygens (including phenoxy) is 2. The number of hydrogen-bond acceptors (Lipinski definition) is 6. The van der Waals surface area contributed by atoms with Crippen LogP contribution in [0.15, 0.2) is 36.4 Å². The summed E-state index contributed by atoms with van der Waals surface area (Å²) in [6, 6.07) is 10.6. The molecule has 0 aliphatic heterocycles. The van der Waals surface area contributed by atoms with Gasteiger partial charge in [-0.1, -0.05) is 24.3 Å². The largest absolute Gasteiger partial charge is 0.493 e. The second-order valence-electron chi connectivity index (χ2n) is 6.86. The molecular weight excluding hydrogens is 374 g/mol. The zero-order chi connectivity index (χ0) is 21.6. The lowest BCUT2D eigenvalue weighted by Crippen LogP contribution is -2.31. The Kier molecular flexibility index (Phi) is 7.55. The zero-order valence-corrected chi connectivity index (χ0v) is 17.5. The van der Waals surface area contributed by atoms with E-state index in [0.29, 0.717) is 13.1 Å². The van der Waals surface area contributed by atoms with Crippen LogP contribution in [0.3, 0.4) is 0 Å². The van der Waals surface area contributed by atoms with Crippen LogP contribution >= 0.6 is 0 Å². The number of benzene rings is 2. The summed E-state index contributed by atoms with van der Waals surface area (Å²) in [5, 5.41) is 11.5. The van der Waals surface area contributed by atoms with Gasteiger partial charge >= 0.3 is 0 Å². The van der Waals surface area contributed by atoms with Gasteiger partial charge in [-0.2, -0.15) is 0 Å². The molecule has 2 rings (SSSR count). The van der Waals surface area contributed by atoms with Gasteiger partial charge in [-0.05, 0) is 32.1 Å². The van der Waals surface area contributed by atoms with Crippen molar-refractivity contribution in [2.75, 3.05) is 34.9 Å². The van der Waals surface area contributed by atoms with Gasteiger partial charge in [0.25, 0.3) is 11.6 Å². The molecular formula is C21H27N3O5. The first-order chi connectivity index (χ1) is 13.8. The Morgan fingerprint density at radius 3 is 1.97 bits per heavy atom. The van der Waals surface area contributed by atoms with Crippen molar-refractivity contribution in [1.29, 1.82) is 0 Å². The van der Waals surface area contributed by atoms with Crippen molar-refractivity contribution in [3.05, 3.63) is 63.2 Å². The lowest BCUT2D eigenvalue weighted by Gasteiger charge is -2.22. The van der Waals surface area contributed by atoms with Crippen LogP contribution in [-0.2, 0) is 13.1 Å². The molecule has 156 valence electrons. The van der Waals surface area contributed by atoms with Crippen molar-refractivity contribution in [3.8, 4) is 11.5 Å². The van der Waals surface area contributed by atoms with Crippen molar-refractivity contribution < 1.29 is 19.2 Å². The topological polar surface area (TPSA) is 85.2 Å². The van der Waals surface area contributed by atoms with Gasteiger partial charge in [0, 0.05) is 25.7 Å². The van der Waals surface area contributed by atoms with Crippen LogP contribution in [0.5, 0.6) is 11.5 Å². The fourth-order valence-electron chi connectivity index (χ4n) is 3.02. The molecule has 0 atom stereocenters. The predicted octanol–water partition coefficient (Wildman–Crippen LogP) is 3.34. The highest BCUT2D eigenvalue weighted by molar-refractivity contribution is 5.99. The third-order valence-corrected chi connectivity index (χ3v) is 4.49. The zero-order valence-electron chi connectivity index (χ0n) is 17.5. The van der Waals surface area contributed by atoms with E-state index in [1.807, 2.05) is 45.3 Å². The molecule has 8 heteroatoms. The van der Waals surface area contributed by atoms with Crippen LogP contribution in [-0.4, -0.2) is 55.5 Å². The van der Waals surface area contributed by atoms with E-state index in [1.54, 1.807) is 4.90 Å². The number of rotatable bonds is 9. The van der Waals surface area contributed by atoms with Crippen LogP contribution in [0.1, 0.15) is 28.4 Å². The first-order valence-electron chi connectivity index (χ1n) is 9.22. The Morgan fingerprint density at radius 2 is 1.52 bits per heavy atom. The monoisotopic (exact) mass is 401 g/mol. The number of nitro groups is 1. The first-order valence-corrected chi connectivity index (χ1v) is 9.22. The molecule has 0 unspecified atom stereocenters. The molecule has 0 saturated heterocycles. The minimum atomic E-state index is -0.584. The highest BCUT2D eigenvalue weighted by Gasteiger charge is 2.27. The third-order valence-electron chi connectivity index (χ3n) is 4.49. The molecule has 0 saturated carbocycles. The normalized spacial score (nSPS) is 10.7. The molecule has 2 aromatic rings. The molecule has 0 aliphatic carbocycles. The van der Waals surface area contributed by atoms with Crippen LogP contribution in [0, 0.1) is 10.1 Å². The Hall–Kier alpha value is -3.13. The number of nitrogens with zero attached hydrogens (tertiary/aromatic N) is 3. The number of amides is 1. The smallest absolute Gasteiger partial charge is 0.286 e. The lowest BCUT2D eigenvalue weighted by atomic mass is 10.1. The lowest BCUT2D eigenvalue weighted by molar-refractivity contribution is -0.385. The number of hydrogen-bond donors (Lipinski definition) is 0. The summed E-state index contributed by atoms with van der Waals surface area (Å²) in [6.45, 7) is 3.42. The summed E-state index contributed by atoms with van der Waals surface area (Å²) in [5.74, 6) is 0.0401. The maximum Gasteiger partial charge on any atom is 0.286 e. The maximum absolute atomic E-state index is 13.1. The van der Waals surface area contributed by atoms with E-state index < -0.39 is 10.8 Å². The molecule has 29 heavy (non-hydrogen) atoms. The number of nitro benzene ring substituents is 1. The molecule has 0 heterocycles. The summed E-state index contributed by atoms with van der Waals surface area (Å²) in [7, 11) is 6.81. The summed E-state index contributed by atoms with van der Waals surface area (Å²) in [6.07, 6.45) is 0. The van der Waals surface area contributed by atoms with Crippen molar-refractivity contribution in [2.24, 2.45) is 0 Å². The Labute approximate surface area is 170 Å². The molecule has 0 spiro atoms. The molecule has 0 bridgehead atoms. The highest BCUT2D eigenvalue weighted by Crippen LogP contribution is 2.35. The van der Waals surface area contributed by atoms with Crippen molar-refractivity contribution in [3.63, 3.8) is 0 Å². The summed E-state index contributed by atoms with van der Waals surface area (Å²) in [4.78, 5) is 27.7. The Bertz CT molecular complexity index is 865. The SMILES string of the molecule is CCN(Cc1ccc(CN(C)C)cc1)C(=O)c1cc(OC)c(OC)cc1[N+](=O)[O-]. The molecule has 8 nitrogen and oxygen atoms in total. The second kappa shape index (κ2) is 9.88. The van der Waals surface area contributed by atoms with Crippen molar-refractivity contribution in [2.45, 2.75) is 20.0 Å². The molecule has 0 radical (unpaired) electrons. The van der Waals surface area contributed by atoms with Gasteiger partial charge in [0.05, 0.1) is 25.2 Å². The molecule has 0 N–H and O–H groups in total. The van der Waals surface area contributed by atoms with Gasteiger partial charge in [-0.15, -0.1) is 0 Å². The van der Waals surface area contributed by atoms with Gasteiger partial charge in [-0.3, -0.25) is 14.9 Å². The number of methoxy groups -OCH3 is 2. The molecule has 0 aliphatic rings. The fraction of sp³-hybridized carbons (Fsp3) is 0.381. The summed E-state index contributed by atoms with van der Waals surface area (Å²) >= 11 is 0. The van der Waals surface area contributed by atoms with E-state index in [2.05, 4.69) is 4.90 Å². The average molecular weight is 401 g/mol. The van der Waals surface area contributed by atoms with Gasteiger partial charge in [-0.25, -0.2) is 0 Å². The Morgan fingerprint density at radius 1 is 1.00 bits per heavy atom. The second-order valence-corrected chi connectivity index (χ2v) is 6.86. The van der Waals surface area contributed by atoms with Gasteiger partial charge in [0.15, 0.2) is 11.5 Å². The highest BCUT2D eigenvalue weighted by atomic mass is 16.6. The molecule has 1 amide bonds. The van der Waals surface area contributed by atoms with Crippen molar-refractivity contribution >= 4 is 11.6 Å². The van der Waals surface area contributed by atoms with E-state index in [0.717, 1.165) is 12.1 Å². The van der Waals surface area contributed by atoms with E-state index in [-0.39, 0.29) is 22.7 Å². The Balaban J connectivity index is 2.32.